The van der Waals surface area contributed by atoms with E-state index >= 15 is 0 Å². The molecule has 4 heteroatoms. The fourth-order valence-corrected chi connectivity index (χ4v) is 1.92. The predicted molar refractivity (Wildman–Crippen MR) is 94.2 cm³/mol. The average Bonchev–Trinajstić information content (AvgIpc) is 2.59. The first kappa shape index (κ1) is 16.4. The second-order valence-electron chi connectivity index (χ2n) is 4.87. The molecule has 2 rings (SSSR count). The molecule has 0 spiro atoms. The van der Waals surface area contributed by atoms with Gasteiger partial charge in [-0.3, -0.25) is 15.2 Å². The fraction of sp³-hybridized carbons (Fsp3) is 0.105. The van der Waals surface area contributed by atoms with Crippen molar-refractivity contribution in [3.63, 3.8) is 0 Å². The van der Waals surface area contributed by atoms with Crippen molar-refractivity contribution in [2.24, 2.45) is 0 Å². The average molecular weight is 308 g/mol. The van der Waals surface area contributed by atoms with Gasteiger partial charge in [-0.05, 0) is 35.9 Å². The lowest BCUT2D eigenvalue weighted by Gasteiger charge is -2.19. The predicted octanol–water partition coefficient (Wildman–Crippen LogP) is 3.43. The largest absolute Gasteiger partial charge is 0.490 e. The van der Waals surface area contributed by atoms with Crippen LogP contribution in [0, 0.1) is 0 Å². The number of hydrazine groups is 1. The zero-order valence-electron chi connectivity index (χ0n) is 13.1. The molecule has 0 aliphatic rings. The van der Waals surface area contributed by atoms with Crippen molar-refractivity contribution in [2.75, 3.05) is 18.7 Å². The van der Waals surface area contributed by atoms with Gasteiger partial charge in [-0.25, -0.2) is 0 Å². The highest BCUT2D eigenvalue weighted by Crippen LogP contribution is 2.13. The molecule has 1 amide bonds. The first-order chi connectivity index (χ1) is 11.2. The van der Waals surface area contributed by atoms with E-state index in [1.807, 2.05) is 54.6 Å². The summed E-state index contributed by atoms with van der Waals surface area (Å²) in [4.78, 5) is 11.9. The smallest absolute Gasteiger partial charge is 0.262 e. The van der Waals surface area contributed by atoms with E-state index in [0.29, 0.717) is 6.61 Å². The molecular weight excluding hydrogens is 288 g/mol. The normalized spacial score (nSPS) is 10.3. The summed E-state index contributed by atoms with van der Waals surface area (Å²) in [6.45, 7) is 4.08. The number of carbonyl (C=O) groups excluding carboxylic acids is 1. The van der Waals surface area contributed by atoms with Crippen LogP contribution < -0.4 is 15.2 Å². The molecule has 0 atom stereocenters. The lowest BCUT2D eigenvalue weighted by atomic mass is 10.2. The molecule has 1 N–H and O–H groups in total. The molecule has 0 bridgehead atoms. The number of hydrogen-bond acceptors (Lipinski definition) is 3. The van der Waals surface area contributed by atoms with Crippen LogP contribution in [0.25, 0.3) is 6.08 Å². The Hall–Kier alpha value is -3.01. The molecule has 0 saturated carbocycles. The quantitative estimate of drug-likeness (QED) is 0.484. The summed E-state index contributed by atoms with van der Waals surface area (Å²) in [7, 11) is 1.80. The number of carbonyl (C=O) groups is 1. The molecular formula is C19H20N2O2. The van der Waals surface area contributed by atoms with Gasteiger partial charge in [0.2, 0.25) is 0 Å². The van der Waals surface area contributed by atoms with Gasteiger partial charge in [0.25, 0.3) is 5.91 Å². The van der Waals surface area contributed by atoms with Crippen LogP contribution in [-0.4, -0.2) is 19.6 Å². The van der Waals surface area contributed by atoms with Gasteiger partial charge in [0.05, 0.1) is 5.69 Å². The van der Waals surface area contributed by atoms with E-state index in [1.165, 1.54) is 6.08 Å². The fourth-order valence-electron chi connectivity index (χ4n) is 1.92. The Labute approximate surface area is 136 Å². The van der Waals surface area contributed by atoms with Crippen molar-refractivity contribution >= 4 is 17.7 Å². The maximum atomic E-state index is 11.9. The highest BCUT2D eigenvalue weighted by Gasteiger charge is 2.02. The van der Waals surface area contributed by atoms with Gasteiger partial charge in [-0.15, -0.1) is 0 Å². The van der Waals surface area contributed by atoms with Gasteiger partial charge in [-0.2, -0.15) is 0 Å². The van der Waals surface area contributed by atoms with Crippen molar-refractivity contribution in [2.45, 2.75) is 0 Å². The van der Waals surface area contributed by atoms with E-state index in [2.05, 4.69) is 12.0 Å². The summed E-state index contributed by atoms with van der Waals surface area (Å²) in [6.07, 6.45) is 4.95. The van der Waals surface area contributed by atoms with E-state index in [9.17, 15) is 4.79 Å². The summed E-state index contributed by atoms with van der Waals surface area (Å²) >= 11 is 0. The molecule has 0 aliphatic carbocycles. The first-order valence-corrected chi connectivity index (χ1v) is 7.30. The highest BCUT2D eigenvalue weighted by atomic mass is 16.5. The zero-order chi connectivity index (χ0) is 16.5. The maximum absolute atomic E-state index is 11.9. The number of benzene rings is 2. The number of ether oxygens (including phenoxy) is 1. The molecule has 0 saturated heterocycles. The number of anilines is 1. The van der Waals surface area contributed by atoms with Gasteiger partial charge >= 0.3 is 0 Å². The Bertz CT molecular complexity index is 664. The molecule has 0 aliphatic heterocycles. The molecule has 23 heavy (non-hydrogen) atoms. The van der Waals surface area contributed by atoms with Crippen LogP contribution in [-0.2, 0) is 4.79 Å². The Balaban J connectivity index is 1.89. The van der Waals surface area contributed by atoms with Crippen molar-refractivity contribution in [3.05, 3.63) is 78.9 Å². The molecule has 0 fully saturated rings. The van der Waals surface area contributed by atoms with Crippen LogP contribution in [0.3, 0.4) is 0 Å². The summed E-state index contributed by atoms with van der Waals surface area (Å²) < 4.78 is 5.41. The van der Waals surface area contributed by atoms with Crippen LogP contribution in [0.15, 0.2) is 73.3 Å². The van der Waals surface area contributed by atoms with Crippen LogP contribution >= 0.6 is 0 Å². The number of nitrogens with zero attached hydrogens (tertiary/aromatic N) is 1. The van der Waals surface area contributed by atoms with Gasteiger partial charge in [-0.1, -0.05) is 43.0 Å². The van der Waals surface area contributed by atoms with E-state index in [1.54, 1.807) is 24.2 Å². The topological polar surface area (TPSA) is 41.6 Å². The van der Waals surface area contributed by atoms with Crippen molar-refractivity contribution in [3.8, 4) is 5.75 Å². The molecule has 118 valence electrons. The third-order valence-electron chi connectivity index (χ3n) is 3.10. The summed E-state index contributed by atoms with van der Waals surface area (Å²) in [5.41, 5.74) is 4.62. The minimum atomic E-state index is -0.191. The second-order valence-corrected chi connectivity index (χ2v) is 4.87. The number of hydrogen-bond donors (Lipinski definition) is 1. The number of amides is 1. The summed E-state index contributed by atoms with van der Waals surface area (Å²) in [5.74, 6) is 0.582. The number of rotatable bonds is 7. The molecule has 0 aromatic heterocycles. The molecule has 2 aromatic carbocycles. The van der Waals surface area contributed by atoms with Crippen LogP contribution in [0.1, 0.15) is 5.56 Å². The van der Waals surface area contributed by atoms with Crippen LogP contribution in [0.5, 0.6) is 5.75 Å². The minimum Gasteiger partial charge on any atom is -0.490 e. The summed E-state index contributed by atoms with van der Waals surface area (Å²) in [5, 5.41) is 1.68. The monoisotopic (exact) mass is 308 g/mol. The second kappa shape index (κ2) is 8.44. The van der Waals surface area contributed by atoms with Crippen molar-refractivity contribution < 1.29 is 9.53 Å². The Kier molecular flexibility index (Phi) is 6.00. The Morgan fingerprint density at radius 3 is 2.52 bits per heavy atom. The number of para-hydroxylation sites is 1. The highest BCUT2D eigenvalue weighted by molar-refractivity contribution is 5.92. The third kappa shape index (κ3) is 5.36. The van der Waals surface area contributed by atoms with Gasteiger partial charge in [0.1, 0.15) is 12.4 Å². The Morgan fingerprint density at radius 2 is 1.87 bits per heavy atom. The third-order valence-corrected chi connectivity index (χ3v) is 3.10. The van der Waals surface area contributed by atoms with E-state index in [-0.39, 0.29) is 5.91 Å². The number of nitrogens with one attached hydrogen (secondary N) is 1. The van der Waals surface area contributed by atoms with Crippen molar-refractivity contribution in [1.82, 2.24) is 5.43 Å². The molecule has 4 nitrogen and oxygen atoms in total. The van der Waals surface area contributed by atoms with Gasteiger partial charge in [0, 0.05) is 13.1 Å². The maximum Gasteiger partial charge on any atom is 0.262 e. The lowest BCUT2D eigenvalue weighted by molar-refractivity contribution is -0.116. The van der Waals surface area contributed by atoms with Crippen LogP contribution in [0.4, 0.5) is 5.69 Å². The molecule has 2 aromatic rings. The lowest BCUT2D eigenvalue weighted by Crippen LogP contribution is -2.38. The molecule has 0 heterocycles. The zero-order valence-corrected chi connectivity index (χ0v) is 13.1. The van der Waals surface area contributed by atoms with E-state index in [4.69, 9.17) is 4.74 Å². The summed E-state index contributed by atoms with van der Waals surface area (Å²) in [6, 6.07) is 17.1. The first-order valence-electron chi connectivity index (χ1n) is 7.30. The Morgan fingerprint density at radius 1 is 1.17 bits per heavy atom. The van der Waals surface area contributed by atoms with Crippen molar-refractivity contribution in [1.29, 1.82) is 0 Å². The van der Waals surface area contributed by atoms with Crippen LogP contribution in [0.2, 0.25) is 0 Å². The van der Waals surface area contributed by atoms with E-state index in [0.717, 1.165) is 17.0 Å². The molecule has 0 unspecified atom stereocenters. The standard InChI is InChI=1S/C19H20N2O2/c1-3-15-23-18-12-9-16(10-13-18)11-14-19(22)20-21(2)17-7-5-4-6-8-17/h3-14H,1,15H2,2H3,(H,20,22)/b14-11+. The minimum absolute atomic E-state index is 0.191. The van der Waals surface area contributed by atoms with Gasteiger partial charge in [0.15, 0.2) is 0 Å². The molecule has 0 radical (unpaired) electrons. The van der Waals surface area contributed by atoms with E-state index < -0.39 is 0 Å². The SMILES string of the molecule is C=CCOc1ccc(/C=C/C(=O)NN(C)c2ccccc2)cc1. The van der Waals surface area contributed by atoms with Gasteiger partial charge < -0.3 is 4.74 Å².